The molecule has 0 unspecified atom stereocenters. The summed E-state index contributed by atoms with van der Waals surface area (Å²) in [6.45, 7) is 0. The monoisotopic (exact) mass is 434 g/mol. The van der Waals surface area contributed by atoms with E-state index < -0.39 is 10.0 Å². The van der Waals surface area contributed by atoms with Gasteiger partial charge in [0.2, 0.25) is 0 Å². The van der Waals surface area contributed by atoms with Crippen molar-refractivity contribution < 1.29 is 13.2 Å². The molecule has 0 saturated heterocycles. The van der Waals surface area contributed by atoms with Gasteiger partial charge in [-0.1, -0.05) is 15.9 Å². The molecule has 0 fully saturated rings. The van der Waals surface area contributed by atoms with Crippen LogP contribution in [-0.4, -0.2) is 15.5 Å². The average Bonchev–Trinajstić information content (AvgIpc) is 2.37. The van der Waals surface area contributed by atoms with Crippen molar-refractivity contribution in [2.75, 3.05) is 17.6 Å². The van der Waals surface area contributed by atoms with Gasteiger partial charge in [0.1, 0.15) is 10.6 Å². The van der Waals surface area contributed by atoms with E-state index in [0.717, 1.165) is 0 Å². The molecular weight excluding hydrogens is 424 g/mol. The van der Waals surface area contributed by atoms with Crippen molar-refractivity contribution >= 4 is 53.3 Å². The Morgan fingerprint density at radius 3 is 2.29 bits per heavy atom. The lowest BCUT2D eigenvalue weighted by molar-refractivity contribution is 0.415. The largest absolute Gasteiger partial charge is 0.497 e. The molecule has 21 heavy (non-hydrogen) atoms. The summed E-state index contributed by atoms with van der Waals surface area (Å²) in [7, 11) is -2.25. The first-order chi connectivity index (χ1) is 9.83. The topological polar surface area (TPSA) is 81.4 Å². The molecule has 0 amide bonds. The second-order valence-corrected chi connectivity index (χ2v) is 7.53. The number of nitrogens with one attached hydrogen (secondary N) is 1. The third kappa shape index (κ3) is 3.69. The van der Waals surface area contributed by atoms with Gasteiger partial charge in [0.15, 0.2) is 0 Å². The summed E-state index contributed by atoms with van der Waals surface area (Å²) in [4.78, 5) is 0.00141. The molecule has 3 N–H and O–H groups in total. The van der Waals surface area contributed by atoms with E-state index in [1.807, 2.05) is 0 Å². The second kappa shape index (κ2) is 6.25. The van der Waals surface area contributed by atoms with E-state index in [9.17, 15) is 8.42 Å². The number of ether oxygens (including phenoxy) is 1. The maximum Gasteiger partial charge on any atom is 0.265 e. The van der Waals surface area contributed by atoms with E-state index in [-0.39, 0.29) is 10.6 Å². The molecule has 2 aromatic rings. The molecular formula is C13H12Br2N2O3S. The summed E-state index contributed by atoms with van der Waals surface area (Å²) in [5.74, 6) is 0.641. The molecule has 112 valence electrons. The van der Waals surface area contributed by atoms with Crippen LogP contribution < -0.4 is 15.2 Å². The van der Waals surface area contributed by atoms with Crippen LogP contribution in [0.5, 0.6) is 5.75 Å². The first-order valence-corrected chi connectivity index (χ1v) is 8.82. The molecule has 0 saturated carbocycles. The fraction of sp³-hybridized carbons (Fsp3) is 0.0769. The number of nitrogens with two attached hydrogens (primary N) is 1. The number of rotatable bonds is 4. The van der Waals surface area contributed by atoms with Gasteiger partial charge in [-0.15, -0.1) is 0 Å². The van der Waals surface area contributed by atoms with Crippen LogP contribution >= 0.6 is 31.9 Å². The Bertz CT molecular complexity index is 738. The number of hydrogen-bond donors (Lipinski definition) is 2. The van der Waals surface area contributed by atoms with Gasteiger partial charge in [-0.3, -0.25) is 4.72 Å². The Hall–Kier alpha value is -1.25. The van der Waals surface area contributed by atoms with Crippen LogP contribution in [-0.2, 0) is 10.0 Å². The standard InChI is InChI=1S/C13H12Br2N2O3S/c1-20-10-4-2-9(3-5-10)17-21(18,19)13-11(15)6-8(14)7-12(13)16/h2-7,17H,16H2,1H3. The number of methoxy groups -OCH3 is 1. The Labute approximate surface area is 139 Å². The molecule has 8 heteroatoms. The molecule has 0 radical (unpaired) electrons. The highest BCUT2D eigenvalue weighted by molar-refractivity contribution is 9.11. The number of anilines is 2. The molecule has 0 spiro atoms. The van der Waals surface area contributed by atoms with E-state index in [4.69, 9.17) is 10.5 Å². The number of sulfonamides is 1. The molecule has 0 bridgehead atoms. The highest BCUT2D eigenvalue weighted by Crippen LogP contribution is 2.32. The number of hydrogen-bond acceptors (Lipinski definition) is 4. The van der Waals surface area contributed by atoms with Crippen molar-refractivity contribution in [1.82, 2.24) is 0 Å². The van der Waals surface area contributed by atoms with Gasteiger partial charge < -0.3 is 10.5 Å². The Morgan fingerprint density at radius 1 is 1.14 bits per heavy atom. The number of benzene rings is 2. The maximum absolute atomic E-state index is 12.4. The first kappa shape index (κ1) is 16.1. The summed E-state index contributed by atoms with van der Waals surface area (Å²) < 4.78 is 33.5. The van der Waals surface area contributed by atoms with Crippen molar-refractivity contribution in [2.45, 2.75) is 4.90 Å². The smallest absolute Gasteiger partial charge is 0.265 e. The fourth-order valence-corrected chi connectivity index (χ4v) is 4.86. The maximum atomic E-state index is 12.4. The van der Waals surface area contributed by atoms with E-state index in [1.54, 1.807) is 37.4 Å². The Balaban J connectivity index is 2.38. The predicted octanol–water partition coefficient (Wildman–Crippen LogP) is 3.60. The fourth-order valence-electron chi connectivity index (χ4n) is 1.73. The van der Waals surface area contributed by atoms with Crippen LogP contribution in [0, 0.1) is 0 Å². The predicted molar refractivity (Wildman–Crippen MR) is 90.1 cm³/mol. The molecule has 2 aromatic carbocycles. The van der Waals surface area contributed by atoms with Gasteiger partial charge in [-0.25, -0.2) is 8.42 Å². The van der Waals surface area contributed by atoms with Crippen molar-refractivity contribution in [3.8, 4) is 5.75 Å². The van der Waals surface area contributed by atoms with Crippen LogP contribution in [0.15, 0.2) is 50.2 Å². The third-order valence-corrected chi connectivity index (χ3v) is 5.49. The molecule has 0 heterocycles. The number of nitrogen functional groups attached to an aromatic ring is 1. The normalized spacial score (nSPS) is 11.2. The summed E-state index contributed by atoms with van der Waals surface area (Å²) in [5, 5.41) is 0. The minimum absolute atomic E-state index is 0.00141. The van der Waals surface area contributed by atoms with Gasteiger partial charge >= 0.3 is 0 Å². The van der Waals surface area contributed by atoms with Gasteiger partial charge in [0.05, 0.1) is 12.8 Å². The zero-order valence-electron chi connectivity index (χ0n) is 10.9. The SMILES string of the molecule is COc1ccc(NS(=O)(=O)c2c(N)cc(Br)cc2Br)cc1. The summed E-state index contributed by atoms with van der Waals surface area (Å²) in [6.07, 6.45) is 0. The Morgan fingerprint density at radius 2 is 1.76 bits per heavy atom. The molecule has 2 rings (SSSR count). The quantitative estimate of drug-likeness (QED) is 0.718. The van der Waals surface area contributed by atoms with Gasteiger partial charge in [0.25, 0.3) is 10.0 Å². The van der Waals surface area contributed by atoms with Crippen molar-refractivity contribution in [3.63, 3.8) is 0 Å². The highest BCUT2D eigenvalue weighted by Gasteiger charge is 2.21. The molecule has 0 atom stereocenters. The summed E-state index contributed by atoms with van der Waals surface area (Å²) in [6, 6.07) is 9.71. The van der Waals surface area contributed by atoms with Crippen LogP contribution in [0.4, 0.5) is 11.4 Å². The minimum atomic E-state index is -3.79. The summed E-state index contributed by atoms with van der Waals surface area (Å²) in [5.41, 5.74) is 6.38. The van der Waals surface area contributed by atoms with E-state index in [2.05, 4.69) is 36.6 Å². The molecule has 0 aliphatic heterocycles. The summed E-state index contributed by atoms with van der Waals surface area (Å²) >= 11 is 6.48. The lowest BCUT2D eigenvalue weighted by Gasteiger charge is -2.12. The van der Waals surface area contributed by atoms with Gasteiger partial charge in [-0.2, -0.15) is 0 Å². The lowest BCUT2D eigenvalue weighted by atomic mass is 10.3. The first-order valence-electron chi connectivity index (χ1n) is 5.75. The average molecular weight is 436 g/mol. The Kier molecular flexibility index (Phi) is 4.80. The zero-order valence-corrected chi connectivity index (χ0v) is 14.9. The van der Waals surface area contributed by atoms with Crippen LogP contribution in [0.3, 0.4) is 0 Å². The van der Waals surface area contributed by atoms with E-state index >= 15 is 0 Å². The molecule has 0 aliphatic rings. The van der Waals surface area contributed by atoms with E-state index in [0.29, 0.717) is 20.4 Å². The van der Waals surface area contributed by atoms with Gasteiger partial charge in [0, 0.05) is 14.6 Å². The number of halogens is 2. The van der Waals surface area contributed by atoms with Crippen LogP contribution in [0.25, 0.3) is 0 Å². The third-order valence-electron chi connectivity index (χ3n) is 2.65. The van der Waals surface area contributed by atoms with Crippen molar-refractivity contribution in [3.05, 3.63) is 45.3 Å². The van der Waals surface area contributed by atoms with Crippen molar-refractivity contribution in [2.24, 2.45) is 0 Å². The van der Waals surface area contributed by atoms with E-state index in [1.165, 1.54) is 6.07 Å². The zero-order chi connectivity index (χ0) is 15.6. The second-order valence-electron chi connectivity index (χ2n) is 4.14. The van der Waals surface area contributed by atoms with Crippen molar-refractivity contribution in [1.29, 1.82) is 0 Å². The highest BCUT2D eigenvalue weighted by atomic mass is 79.9. The minimum Gasteiger partial charge on any atom is -0.497 e. The molecule has 5 nitrogen and oxygen atoms in total. The molecule has 0 aliphatic carbocycles. The van der Waals surface area contributed by atoms with Gasteiger partial charge in [-0.05, 0) is 52.3 Å². The van der Waals surface area contributed by atoms with Crippen LogP contribution in [0.2, 0.25) is 0 Å². The lowest BCUT2D eigenvalue weighted by Crippen LogP contribution is -2.15. The van der Waals surface area contributed by atoms with Crippen LogP contribution in [0.1, 0.15) is 0 Å². The molecule has 0 aromatic heterocycles.